The Kier molecular flexibility index (Phi) is 7.27. The van der Waals surface area contributed by atoms with E-state index in [2.05, 4.69) is 0 Å². The van der Waals surface area contributed by atoms with Crippen molar-refractivity contribution in [3.63, 3.8) is 0 Å². The molecule has 3 aromatic carbocycles. The zero-order valence-corrected chi connectivity index (χ0v) is 22.5. The second kappa shape index (κ2) is 11.1. The van der Waals surface area contributed by atoms with Crippen LogP contribution in [0.4, 0.5) is 20.2 Å². The van der Waals surface area contributed by atoms with Gasteiger partial charge in [-0.1, -0.05) is 36.8 Å². The Balaban J connectivity index is 1.51. The molecule has 1 amide bonds. The van der Waals surface area contributed by atoms with Crippen molar-refractivity contribution < 1.29 is 19.7 Å². The van der Waals surface area contributed by atoms with Gasteiger partial charge in [-0.15, -0.1) is 0 Å². The van der Waals surface area contributed by atoms with E-state index in [1.165, 1.54) is 42.2 Å². The van der Waals surface area contributed by atoms with E-state index in [0.717, 1.165) is 36.9 Å². The average Bonchev–Trinajstić information content (AvgIpc) is 3.56. The maximum absolute atomic E-state index is 15.6. The largest absolute Gasteiger partial charge is 0.378 e. The summed E-state index contributed by atoms with van der Waals surface area (Å²) in [7, 11) is 3.89. The molecule has 0 heterocycles. The van der Waals surface area contributed by atoms with Gasteiger partial charge in [-0.05, 0) is 97.2 Å². The number of carbonyl (C=O) groups is 2. The lowest BCUT2D eigenvalue weighted by Crippen LogP contribution is -2.38. The molecule has 0 radical (unpaired) electrons. The highest BCUT2D eigenvalue weighted by atomic mass is 19.1. The molecule has 0 saturated heterocycles. The van der Waals surface area contributed by atoms with Crippen molar-refractivity contribution in [3.05, 3.63) is 89.5 Å². The molecule has 202 valence electrons. The molecule has 0 spiro atoms. The Morgan fingerprint density at radius 3 is 2.31 bits per heavy atom. The van der Waals surface area contributed by atoms with Gasteiger partial charge in [-0.3, -0.25) is 9.59 Å². The summed E-state index contributed by atoms with van der Waals surface area (Å²) in [6.07, 6.45) is 6.59. The Hall–Kier alpha value is -3.80. The molecule has 4 nitrogen and oxygen atoms in total. The zero-order chi connectivity index (χ0) is 28.6. The number of rotatable bonds is 8. The fraction of sp³-hybridized carbons (Fsp3) is 0.333. The minimum absolute atomic E-state index is 0.0373. The van der Waals surface area contributed by atoms with Crippen molar-refractivity contribution in [1.29, 1.82) is 0 Å². The summed E-state index contributed by atoms with van der Waals surface area (Å²) in [5, 5.41) is 0. The summed E-state index contributed by atoms with van der Waals surface area (Å²) in [5.41, 5.74) is 3.12. The SMILES string of the molecule is [2H][C@H](c1ccc(-c2ccc(N(C)C)cc2)cc1F)N(C(=O)[C@H]1C[C@@H]2CC[C@H]1C2)c1cc(F)cc(/C=C/C(C)=O)c1. The van der Waals surface area contributed by atoms with Crippen LogP contribution in [0.15, 0.2) is 66.7 Å². The molecule has 2 saturated carbocycles. The molecule has 0 aliphatic heterocycles. The second-order valence-corrected chi connectivity index (χ2v) is 11.0. The third kappa shape index (κ3) is 5.95. The first-order chi connectivity index (χ1) is 19.1. The van der Waals surface area contributed by atoms with Crippen LogP contribution in [-0.4, -0.2) is 25.8 Å². The minimum atomic E-state index is -1.41. The van der Waals surface area contributed by atoms with E-state index >= 15 is 4.39 Å². The van der Waals surface area contributed by atoms with Gasteiger partial charge in [0.1, 0.15) is 11.6 Å². The van der Waals surface area contributed by atoms with Crippen LogP contribution in [0, 0.1) is 29.4 Å². The highest BCUT2D eigenvalue weighted by Gasteiger charge is 2.44. The van der Waals surface area contributed by atoms with E-state index in [4.69, 9.17) is 1.37 Å². The lowest BCUT2D eigenvalue weighted by molar-refractivity contribution is -0.124. The van der Waals surface area contributed by atoms with Gasteiger partial charge in [0.05, 0.1) is 7.89 Å². The molecule has 4 atom stereocenters. The van der Waals surface area contributed by atoms with Crippen molar-refractivity contribution in [2.24, 2.45) is 17.8 Å². The zero-order valence-electron chi connectivity index (χ0n) is 23.5. The van der Waals surface area contributed by atoms with Crippen molar-refractivity contribution in [2.45, 2.75) is 39.1 Å². The van der Waals surface area contributed by atoms with E-state index in [-0.39, 0.29) is 34.8 Å². The van der Waals surface area contributed by atoms with E-state index in [9.17, 15) is 14.0 Å². The number of halogens is 2. The van der Waals surface area contributed by atoms with Crippen LogP contribution in [0.1, 0.15) is 45.1 Å². The van der Waals surface area contributed by atoms with Gasteiger partial charge in [0.15, 0.2) is 5.78 Å². The molecule has 2 fully saturated rings. The van der Waals surface area contributed by atoms with Crippen LogP contribution >= 0.6 is 0 Å². The van der Waals surface area contributed by atoms with Gasteiger partial charge in [0.25, 0.3) is 0 Å². The number of anilines is 2. The molecule has 39 heavy (non-hydrogen) atoms. The molecule has 0 unspecified atom stereocenters. The Morgan fingerprint density at radius 1 is 0.949 bits per heavy atom. The van der Waals surface area contributed by atoms with Gasteiger partial charge in [-0.2, -0.15) is 0 Å². The molecule has 6 heteroatoms. The van der Waals surface area contributed by atoms with Crippen LogP contribution in [0.5, 0.6) is 0 Å². The number of hydrogen-bond acceptors (Lipinski definition) is 3. The molecule has 5 rings (SSSR count). The predicted octanol–water partition coefficient (Wildman–Crippen LogP) is 7.27. The topological polar surface area (TPSA) is 40.6 Å². The number of benzene rings is 3. The molecule has 3 aromatic rings. The van der Waals surface area contributed by atoms with E-state index in [1.54, 1.807) is 18.2 Å². The number of ketones is 1. The lowest BCUT2D eigenvalue weighted by Gasteiger charge is -2.30. The molecular formula is C33H34F2N2O2. The van der Waals surface area contributed by atoms with Crippen LogP contribution in [0.25, 0.3) is 17.2 Å². The van der Waals surface area contributed by atoms with Gasteiger partial charge in [0.2, 0.25) is 5.91 Å². The van der Waals surface area contributed by atoms with Gasteiger partial charge in [-0.25, -0.2) is 8.78 Å². The van der Waals surface area contributed by atoms with E-state index < -0.39 is 18.2 Å². The van der Waals surface area contributed by atoms with Gasteiger partial charge >= 0.3 is 0 Å². The third-order valence-electron chi connectivity index (χ3n) is 7.97. The predicted molar refractivity (Wildman–Crippen MR) is 152 cm³/mol. The molecule has 2 bridgehead atoms. The maximum atomic E-state index is 15.6. The van der Waals surface area contributed by atoms with Crippen molar-refractivity contribution in [2.75, 3.05) is 23.9 Å². The second-order valence-electron chi connectivity index (χ2n) is 11.0. The number of allylic oxidation sites excluding steroid dienone is 1. The third-order valence-corrected chi connectivity index (χ3v) is 7.97. The highest BCUT2D eigenvalue weighted by molar-refractivity contribution is 5.96. The maximum Gasteiger partial charge on any atom is 0.230 e. The van der Waals surface area contributed by atoms with Crippen LogP contribution in [-0.2, 0) is 16.1 Å². The molecule has 0 N–H and O–H groups in total. The lowest BCUT2D eigenvalue weighted by atomic mass is 9.87. The van der Waals surface area contributed by atoms with E-state index in [1.807, 2.05) is 43.3 Å². The summed E-state index contributed by atoms with van der Waals surface area (Å²) < 4.78 is 39.5. The van der Waals surface area contributed by atoms with E-state index in [0.29, 0.717) is 17.0 Å². The number of amides is 1. The number of carbonyl (C=O) groups excluding carboxylic acids is 2. The van der Waals surface area contributed by atoms with Crippen LogP contribution in [0.2, 0.25) is 0 Å². The van der Waals surface area contributed by atoms with Crippen molar-refractivity contribution >= 4 is 29.1 Å². The molecule has 2 aliphatic rings. The molecular weight excluding hydrogens is 494 g/mol. The highest BCUT2D eigenvalue weighted by Crippen LogP contribution is 2.49. The van der Waals surface area contributed by atoms with Crippen LogP contribution < -0.4 is 9.80 Å². The summed E-state index contributed by atoms with van der Waals surface area (Å²) in [6.45, 7) is -0.0203. The Morgan fingerprint density at radius 2 is 1.69 bits per heavy atom. The quantitative estimate of drug-likeness (QED) is 0.288. The summed E-state index contributed by atoms with van der Waals surface area (Å²) >= 11 is 0. The Labute approximate surface area is 230 Å². The van der Waals surface area contributed by atoms with Crippen LogP contribution in [0.3, 0.4) is 0 Å². The summed E-state index contributed by atoms with van der Waals surface area (Å²) in [4.78, 5) is 28.7. The normalized spacial score (nSPS) is 21.2. The number of hydrogen-bond donors (Lipinski definition) is 0. The Bertz CT molecular complexity index is 1450. The first-order valence-corrected chi connectivity index (χ1v) is 13.4. The summed E-state index contributed by atoms with van der Waals surface area (Å²) in [6, 6.07) is 16.4. The van der Waals surface area contributed by atoms with Gasteiger partial charge in [0, 0.05) is 37.0 Å². The molecule has 2 aliphatic carbocycles. The first kappa shape index (κ1) is 25.5. The van der Waals surface area contributed by atoms with Crippen molar-refractivity contribution in [3.8, 4) is 11.1 Å². The monoisotopic (exact) mass is 529 g/mol. The molecule has 0 aromatic heterocycles. The smallest absolute Gasteiger partial charge is 0.230 e. The standard InChI is InChI=1S/C33H34F2N2O2/c1-21(38)4-5-23-15-28(34)19-30(16-23)37(33(39)31-17-22-6-7-26(31)14-22)20-27-9-8-25(18-32(27)35)24-10-12-29(13-11-24)36(2)3/h4-5,8-13,15-16,18-19,22,26,31H,6-7,14,17,20H2,1-3H3/b5-4+/t22-,26+,31+/m1/s1/i20D/t20-,22-,26+,31+. The summed E-state index contributed by atoms with van der Waals surface area (Å²) in [5.74, 6) is -1.23. The minimum Gasteiger partial charge on any atom is -0.378 e. The fourth-order valence-corrected chi connectivity index (χ4v) is 5.94. The van der Waals surface area contributed by atoms with Crippen molar-refractivity contribution in [1.82, 2.24) is 0 Å². The first-order valence-electron chi connectivity index (χ1n) is 14.0. The number of nitrogens with zero attached hydrogens (tertiary/aromatic N) is 2. The van der Waals surface area contributed by atoms with Gasteiger partial charge < -0.3 is 9.80 Å². The average molecular weight is 530 g/mol. The number of fused-ring (bicyclic) bond motifs is 2. The fourth-order valence-electron chi connectivity index (χ4n) is 5.94.